The Balaban J connectivity index is 2.25. The molecule has 0 heterocycles. The summed E-state index contributed by atoms with van der Waals surface area (Å²) in [7, 11) is 1.59. The van der Waals surface area contributed by atoms with Crippen LogP contribution < -0.4 is 4.74 Å². The lowest BCUT2D eigenvalue weighted by Crippen LogP contribution is -2.07. The zero-order valence-electron chi connectivity index (χ0n) is 11.8. The molecule has 0 spiro atoms. The number of hydrogen-bond acceptors (Lipinski definition) is 4. The normalized spacial score (nSPS) is 10.2. The van der Waals surface area contributed by atoms with Gasteiger partial charge in [0.05, 0.1) is 19.1 Å². The second-order valence-electron chi connectivity index (χ2n) is 4.47. The highest BCUT2D eigenvalue weighted by molar-refractivity contribution is 7.99. The summed E-state index contributed by atoms with van der Waals surface area (Å²) in [6.07, 6.45) is -0.310. The molecule has 0 aliphatic heterocycles. The van der Waals surface area contributed by atoms with Gasteiger partial charge in [0, 0.05) is 9.79 Å². The molecule has 0 bridgehead atoms. The summed E-state index contributed by atoms with van der Waals surface area (Å²) in [5.41, 5.74) is 0.306. The Bertz CT molecular complexity index is 694. The summed E-state index contributed by atoms with van der Waals surface area (Å²) in [6, 6.07) is 12.1. The molecule has 0 aliphatic carbocycles. The number of methoxy groups -OCH3 is 1. The lowest BCUT2D eigenvalue weighted by molar-refractivity contribution is -0.136. The molecule has 0 saturated carbocycles. The van der Waals surface area contributed by atoms with Gasteiger partial charge >= 0.3 is 11.9 Å². The van der Waals surface area contributed by atoms with Crippen molar-refractivity contribution in [3.8, 4) is 5.75 Å². The largest absolute Gasteiger partial charge is 0.497 e. The minimum atomic E-state index is -1.13. The van der Waals surface area contributed by atoms with Crippen LogP contribution in [0.2, 0.25) is 0 Å². The number of ether oxygens (including phenoxy) is 1. The first-order valence-corrected chi connectivity index (χ1v) is 7.21. The van der Waals surface area contributed by atoms with E-state index in [9.17, 15) is 14.7 Å². The lowest BCUT2D eigenvalue weighted by Gasteiger charge is -2.08. The maximum Gasteiger partial charge on any atom is 0.336 e. The van der Waals surface area contributed by atoms with Crippen LogP contribution in [-0.2, 0) is 11.2 Å². The van der Waals surface area contributed by atoms with Crippen LogP contribution >= 0.6 is 11.8 Å². The number of carboxylic acid groups (broad SMARTS) is 2. The van der Waals surface area contributed by atoms with Gasteiger partial charge in [0.15, 0.2) is 0 Å². The fraction of sp³-hybridized carbons (Fsp3) is 0.125. The Morgan fingerprint density at radius 1 is 1.05 bits per heavy atom. The first-order chi connectivity index (χ1) is 10.5. The van der Waals surface area contributed by atoms with Crippen molar-refractivity contribution in [2.75, 3.05) is 7.11 Å². The molecule has 114 valence electrons. The van der Waals surface area contributed by atoms with E-state index in [4.69, 9.17) is 9.84 Å². The number of carbonyl (C=O) groups is 2. The second-order valence-corrected chi connectivity index (χ2v) is 5.62. The van der Waals surface area contributed by atoms with E-state index < -0.39 is 11.9 Å². The predicted octanol–water partition coefficient (Wildman–Crippen LogP) is 3.17. The van der Waals surface area contributed by atoms with Gasteiger partial charge in [-0.25, -0.2) is 4.79 Å². The molecular formula is C16H14O5S. The Morgan fingerprint density at radius 2 is 1.68 bits per heavy atom. The number of hydrogen-bond donors (Lipinski definition) is 2. The third-order valence-electron chi connectivity index (χ3n) is 2.95. The minimum absolute atomic E-state index is 0.0147. The number of aromatic carboxylic acids is 1. The molecule has 0 aliphatic rings. The first kappa shape index (κ1) is 15.9. The fourth-order valence-corrected chi connectivity index (χ4v) is 2.77. The van der Waals surface area contributed by atoms with Crippen molar-refractivity contribution in [3.05, 3.63) is 53.6 Å². The summed E-state index contributed by atoms with van der Waals surface area (Å²) in [5, 5.41) is 18.0. The lowest BCUT2D eigenvalue weighted by atomic mass is 10.1. The van der Waals surface area contributed by atoms with E-state index in [2.05, 4.69) is 0 Å². The van der Waals surface area contributed by atoms with Crippen molar-refractivity contribution in [3.63, 3.8) is 0 Å². The highest BCUT2D eigenvalue weighted by atomic mass is 32.2. The molecule has 5 nitrogen and oxygen atoms in total. The zero-order chi connectivity index (χ0) is 16.1. The van der Waals surface area contributed by atoms with Crippen molar-refractivity contribution in [2.45, 2.75) is 16.2 Å². The van der Waals surface area contributed by atoms with Crippen LogP contribution in [-0.4, -0.2) is 29.3 Å². The van der Waals surface area contributed by atoms with Gasteiger partial charge in [-0.2, -0.15) is 0 Å². The molecule has 0 unspecified atom stereocenters. The molecule has 6 heteroatoms. The van der Waals surface area contributed by atoms with E-state index in [-0.39, 0.29) is 12.0 Å². The fourth-order valence-electron chi connectivity index (χ4n) is 1.92. The van der Waals surface area contributed by atoms with Crippen LogP contribution in [0, 0.1) is 0 Å². The van der Waals surface area contributed by atoms with Crippen molar-refractivity contribution in [1.29, 1.82) is 0 Å². The van der Waals surface area contributed by atoms with Crippen LogP contribution in [0.1, 0.15) is 15.9 Å². The molecule has 0 fully saturated rings. The molecule has 0 saturated heterocycles. The van der Waals surface area contributed by atoms with Crippen LogP contribution in [0.15, 0.2) is 52.3 Å². The van der Waals surface area contributed by atoms with Gasteiger partial charge in [-0.3, -0.25) is 4.79 Å². The Morgan fingerprint density at radius 3 is 2.23 bits per heavy atom. The SMILES string of the molecule is COc1ccc(Sc2ccc(CC(=O)O)c(C(=O)O)c2)cc1. The highest BCUT2D eigenvalue weighted by Crippen LogP contribution is 2.30. The summed E-state index contributed by atoms with van der Waals surface area (Å²) in [5.74, 6) is -1.45. The van der Waals surface area contributed by atoms with Gasteiger partial charge in [-0.1, -0.05) is 17.8 Å². The number of aliphatic carboxylic acids is 1. The zero-order valence-corrected chi connectivity index (χ0v) is 12.6. The highest BCUT2D eigenvalue weighted by Gasteiger charge is 2.14. The van der Waals surface area contributed by atoms with Crippen LogP contribution in [0.5, 0.6) is 5.75 Å². The monoisotopic (exact) mass is 318 g/mol. The minimum Gasteiger partial charge on any atom is -0.497 e. The van der Waals surface area contributed by atoms with Gasteiger partial charge in [0.2, 0.25) is 0 Å². The van der Waals surface area contributed by atoms with Crippen molar-refractivity contribution < 1.29 is 24.5 Å². The van der Waals surface area contributed by atoms with Crippen molar-refractivity contribution >= 4 is 23.7 Å². The van der Waals surface area contributed by atoms with Crippen LogP contribution in [0.4, 0.5) is 0 Å². The average Bonchev–Trinajstić information content (AvgIpc) is 2.49. The summed E-state index contributed by atoms with van der Waals surface area (Å²) >= 11 is 1.40. The van der Waals surface area contributed by atoms with E-state index in [0.29, 0.717) is 5.56 Å². The van der Waals surface area contributed by atoms with Crippen LogP contribution in [0.3, 0.4) is 0 Å². The third kappa shape index (κ3) is 4.02. The van der Waals surface area contributed by atoms with Gasteiger partial charge in [0.25, 0.3) is 0 Å². The number of rotatable bonds is 6. The van der Waals surface area contributed by atoms with Gasteiger partial charge < -0.3 is 14.9 Å². The molecule has 22 heavy (non-hydrogen) atoms. The van der Waals surface area contributed by atoms with E-state index in [1.807, 2.05) is 24.3 Å². The van der Waals surface area contributed by atoms with Crippen LogP contribution in [0.25, 0.3) is 0 Å². The Labute approximate surface area is 131 Å². The summed E-state index contributed by atoms with van der Waals surface area (Å²) in [4.78, 5) is 23.7. The van der Waals surface area contributed by atoms with Crippen molar-refractivity contribution in [1.82, 2.24) is 0 Å². The smallest absolute Gasteiger partial charge is 0.336 e. The Kier molecular flexibility index (Phi) is 5.06. The molecule has 2 aromatic carbocycles. The predicted molar refractivity (Wildman–Crippen MR) is 81.9 cm³/mol. The number of benzene rings is 2. The topological polar surface area (TPSA) is 83.8 Å². The molecule has 0 amide bonds. The standard InChI is InChI=1S/C16H14O5S/c1-21-11-3-6-12(7-4-11)22-13-5-2-10(8-15(17)18)14(9-13)16(19)20/h2-7,9H,8H2,1H3,(H,17,18)(H,19,20). The molecule has 2 N–H and O–H groups in total. The number of carboxylic acids is 2. The molecular weight excluding hydrogens is 304 g/mol. The van der Waals surface area contributed by atoms with E-state index in [0.717, 1.165) is 15.5 Å². The van der Waals surface area contributed by atoms with E-state index in [1.165, 1.54) is 17.8 Å². The van der Waals surface area contributed by atoms with Gasteiger partial charge in [-0.15, -0.1) is 0 Å². The van der Waals surface area contributed by atoms with Gasteiger partial charge in [-0.05, 0) is 42.0 Å². The molecule has 0 radical (unpaired) electrons. The molecule has 2 aromatic rings. The average molecular weight is 318 g/mol. The van der Waals surface area contributed by atoms with Gasteiger partial charge in [0.1, 0.15) is 5.75 Å². The summed E-state index contributed by atoms with van der Waals surface area (Å²) < 4.78 is 5.08. The maximum absolute atomic E-state index is 11.3. The van der Waals surface area contributed by atoms with Crippen molar-refractivity contribution in [2.24, 2.45) is 0 Å². The summed E-state index contributed by atoms with van der Waals surface area (Å²) in [6.45, 7) is 0. The third-order valence-corrected chi connectivity index (χ3v) is 3.95. The molecule has 2 rings (SSSR count). The second kappa shape index (κ2) is 7.00. The maximum atomic E-state index is 11.3. The quantitative estimate of drug-likeness (QED) is 0.851. The Hall–Kier alpha value is -2.47. The molecule has 0 aromatic heterocycles. The van der Waals surface area contributed by atoms with E-state index in [1.54, 1.807) is 19.2 Å². The first-order valence-electron chi connectivity index (χ1n) is 6.39. The van der Waals surface area contributed by atoms with E-state index >= 15 is 0 Å². The molecule has 0 atom stereocenters.